The third-order valence-electron chi connectivity index (χ3n) is 1.73. The number of hydrogen-bond donors (Lipinski definition) is 1. The van der Waals surface area contributed by atoms with Crippen LogP contribution < -0.4 is 0 Å². The van der Waals surface area contributed by atoms with Crippen LogP contribution in [-0.4, -0.2) is 31.3 Å². The van der Waals surface area contributed by atoms with Gasteiger partial charge in [-0.25, -0.2) is 4.79 Å². The normalized spacial score (nSPS) is 11.2. The molecule has 0 unspecified atom stereocenters. The highest BCUT2D eigenvalue weighted by Gasteiger charge is 2.13. The number of benzene rings is 1. The molecule has 0 saturated heterocycles. The molecule has 0 aliphatic heterocycles. The summed E-state index contributed by atoms with van der Waals surface area (Å²) in [4.78, 5) is 11.4. The number of carbonyl (C=O) groups is 1. The van der Waals surface area contributed by atoms with Crippen molar-refractivity contribution in [3.8, 4) is 0 Å². The molecule has 8 heteroatoms. The highest BCUT2D eigenvalue weighted by atomic mass is 35.5. The van der Waals surface area contributed by atoms with Crippen molar-refractivity contribution < 1.29 is 22.5 Å². The Labute approximate surface area is 108 Å². The summed E-state index contributed by atoms with van der Waals surface area (Å²) in [5.74, 6) is -1.44. The van der Waals surface area contributed by atoms with E-state index in [0.717, 1.165) is 0 Å². The first-order valence-electron chi connectivity index (χ1n) is 4.37. The summed E-state index contributed by atoms with van der Waals surface area (Å²) in [7, 11) is -4.15. The van der Waals surface area contributed by atoms with Crippen molar-refractivity contribution in [3.05, 3.63) is 33.8 Å². The van der Waals surface area contributed by atoms with Gasteiger partial charge in [-0.15, -0.1) is 0 Å². The minimum Gasteiger partial charge on any atom is -0.461 e. The van der Waals surface area contributed by atoms with Crippen molar-refractivity contribution in [1.29, 1.82) is 0 Å². The molecule has 1 N–H and O–H groups in total. The van der Waals surface area contributed by atoms with Crippen molar-refractivity contribution >= 4 is 39.3 Å². The molecule has 0 radical (unpaired) electrons. The molecule has 0 saturated carbocycles. The zero-order valence-electron chi connectivity index (χ0n) is 8.39. The summed E-state index contributed by atoms with van der Waals surface area (Å²) >= 11 is 11.4. The van der Waals surface area contributed by atoms with Gasteiger partial charge in [0.2, 0.25) is 0 Å². The van der Waals surface area contributed by atoms with E-state index in [4.69, 9.17) is 27.8 Å². The molecule has 0 aliphatic rings. The van der Waals surface area contributed by atoms with E-state index >= 15 is 0 Å². The smallest absolute Gasteiger partial charge is 0.339 e. The first-order chi connectivity index (χ1) is 7.79. The van der Waals surface area contributed by atoms with E-state index in [9.17, 15) is 13.2 Å². The fourth-order valence-corrected chi connectivity index (χ4v) is 1.75. The van der Waals surface area contributed by atoms with E-state index in [0.29, 0.717) is 5.02 Å². The quantitative estimate of drug-likeness (QED) is 0.679. The SMILES string of the molecule is O=C(OCCS(=O)(=O)O)c1ccc(Cl)cc1Cl. The Hall–Kier alpha value is -0.820. The fourth-order valence-electron chi connectivity index (χ4n) is 0.972. The number of carbonyl (C=O) groups excluding carboxylic acids is 1. The van der Waals surface area contributed by atoms with Crippen molar-refractivity contribution in [3.63, 3.8) is 0 Å². The van der Waals surface area contributed by atoms with Gasteiger partial charge in [0.05, 0.1) is 10.6 Å². The maximum Gasteiger partial charge on any atom is 0.339 e. The Balaban J connectivity index is 2.65. The molecule has 1 rings (SSSR count). The van der Waals surface area contributed by atoms with Gasteiger partial charge in [0.15, 0.2) is 0 Å². The van der Waals surface area contributed by atoms with Gasteiger partial charge in [-0.3, -0.25) is 4.55 Å². The molecule has 0 amide bonds. The maximum atomic E-state index is 11.4. The van der Waals surface area contributed by atoms with Gasteiger partial charge < -0.3 is 4.74 Å². The van der Waals surface area contributed by atoms with E-state index in [1.807, 2.05) is 0 Å². The lowest BCUT2D eigenvalue weighted by atomic mass is 10.2. The Morgan fingerprint density at radius 3 is 2.53 bits per heavy atom. The Kier molecular flexibility index (Phi) is 4.76. The molecule has 0 aromatic heterocycles. The van der Waals surface area contributed by atoms with Crippen LogP contribution in [0.5, 0.6) is 0 Å². The van der Waals surface area contributed by atoms with Gasteiger partial charge in [-0.1, -0.05) is 23.2 Å². The summed E-state index contributed by atoms with van der Waals surface area (Å²) in [5.41, 5.74) is 0.0754. The number of rotatable bonds is 4. The van der Waals surface area contributed by atoms with Crippen LogP contribution in [0.2, 0.25) is 10.0 Å². The Morgan fingerprint density at radius 1 is 1.35 bits per heavy atom. The van der Waals surface area contributed by atoms with Crippen LogP contribution in [0.15, 0.2) is 18.2 Å². The molecule has 0 spiro atoms. The van der Waals surface area contributed by atoms with Gasteiger partial charge in [0, 0.05) is 5.02 Å². The molecule has 0 atom stereocenters. The minimum absolute atomic E-state index is 0.0754. The maximum absolute atomic E-state index is 11.4. The molecule has 17 heavy (non-hydrogen) atoms. The van der Waals surface area contributed by atoms with E-state index in [1.165, 1.54) is 18.2 Å². The number of halogens is 2. The standard InChI is InChI=1S/C9H8Cl2O5S/c10-6-1-2-7(8(11)5-6)9(12)16-3-4-17(13,14)15/h1-2,5H,3-4H2,(H,13,14,15). The van der Waals surface area contributed by atoms with Gasteiger partial charge in [-0.05, 0) is 18.2 Å². The summed E-state index contributed by atoms with van der Waals surface area (Å²) in [6.45, 7) is -0.448. The van der Waals surface area contributed by atoms with Crippen LogP contribution in [0.1, 0.15) is 10.4 Å². The summed E-state index contributed by atoms with van der Waals surface area (Å²) in [5, 5.41) is 0.471. The fraction of sp³-hybridized carbons (Fsp3) is 0.222. The molecule has 0 bridgehead atoms. The number of esters is 1. The van der Waals surface area contributed by atoms with Crippen molar-refractivity contribution in [2.24, 2.45) is 0 Å². The van der Waals surface area contributed by atoms with E-state index in [-0.39, 0.29) is 10.6 Å². The molecule has 5 nitrogen and oxygen atoms in total. The van der Waals surface area contributed by atoms with Gasteiger partial charge in [0.1, 0.15) is 12.4 Å². The van der Waals surface area contributed by atoms with E-state index in [2.05, 4.69) is 4.74 Å². The Bertz CT molecular complexity index is 526. The third-order valence-corrected chi connectivity index (χ3v) is 2.96. The highest BCUT2D eigenvalue weighted by Crippen LogP contribution is 2.21. The first-order valence-corrected chi connectivity index (χ1v) is 6.73. The largest absolute Gasteiger partial charge is 0.461 e. The zero-order chi connectivity index (χ0) is 13.1. The predicted octanol–water partition coefficient (Wildman–Crippen LogP) is 2.04. The molecule has 0 fully saturated rings. The molecule has 0 aliphatic carbocycles. The zero-order valence-corrected chi connectivity index (χ0v) is 10.7. The molecule has 94 valence electrons. The van der Waals surface area contributed by atoms with Crippen LogP contribution in [-0.2, 0) is 14.9 Å². The van der Waals surface area contributed by atoms with Crippen molar-refractivity contribution in [2.75, 3.05) is 12.4 Å². The second-order valence-electron chi connectivity index (χ2n) is 3.05. The topological polar surface area (TPSA) is 80.7 Å². The molecule has 1 aromatic rings. The Morgan fingerprint density at radius 2 is 2.00 bits per heavy atom. The van der Waals surface area contributed by atoms with E-state index in [1.54, 1.807) is 0 Å². The monoisotopic (exact) mass is 298 g/mol. The van der Waals surface area contributed by atoms with Crippen LogP contribution in [0.3, 0.4) is 0 Å². The van der Waals surface area contributed by atoms with Crippen LogP contribution in [0.25, 0.3) is 0 Å². The summed E-state index contributed by atoms with van der Waals surface area (Å²) < 4.78 is 33.8. The average Bonchev–Trinajstić information content (AvgIpc) is 2.15. The van der Waals surface area contributed by atoms with Crippen LogP contribution in [0.4, 0.5) is 0 Å². The lowest BCUT2D eigenvalue weighted by Gasteiger charge is -2.05. The summed E-state index contributed by atoms with van der Waals surface area (Å²) in [6, 6.07) is 4.18. The van der Waals surface area contributed by atoms with Crippen LogP contribution in [0, 0.1) is 0 Å². The van der Waals surface area contributed by atoms with Gasteiger partial charge >= 0.3 is 5.97 Å². The third kappa shape index (κ3) is 4.91. The van der Waals surface area contributed by atoms with Crippen molar-refractivity contribution in [1.82, 2.24) is 0 Å². The van der Waals surface area contributed by atoms with Crippen molar-refractivity contribution in [2.45, 2.75) is 0 Å². The predicted molar refractivity (Wildman–Crippen MR) is 63.2 cm³/mol. The number of hydrogen-bond acceptors (Lipinski definition) is 4. The highest BCUT2D eigenvalue weighted by molar-refractivity contribution is 7.85. The second kappa shape index (κ2) is 5.68. The molecule has 0 heterocycles. The van der Waals surface area contributed by atoms with Crippen LogP contribution >= 0.6 is 23.2 Å². The number of ether oxygens (including phenoxy) is 1. The summed E-state index contributed by atoms with van der Waals surface area (Å²) in [6.07, 6.45) is 0. The molecular weight excluding hydrogens is 291 g/mol. The average molecular weight is 299 g/mol. The molecular formula is C9H8Cl2O5S. The van der Waals surface area contributed by atoms with Gasteiger partial charge in [-0.2, -0.15) is 8.42 Å². The lowest BCUT2D eigenvalue weighted by Crippen LogP contribution is -2.14. The second-order valence-corrected chi connectivity index (χ2v) is 5.46. The first kappa shape index (κ1) is 14.2. The lowest BCUT2D eigenvalue weighted by molar-refractivity contribution is 0.0528. The van der Waals surface area contributed by atoms with E-state index < -0.39 is 28.4 Å². The molecule has 1 aromatic carbocycles. The minimum atomic E-state index is -4.15. The van der Waals surface area contributed by atoms with Gasteiger partial charge in [0.25, 0.3) is 10.1 Å².